The summed E-state index contributed by atoms with van der Waals surface area (Å²) in [6.45, 7) is 4.22. The first kappa shape index (κ1) is 27.5. The fourth-order valence-corrected chi connectivity index (χ4v) is 6.46. The van der Waals surface area contributed by atoms with E-state index in [0.29, 0.717) is 23.8 Å². The number of anilines is 2. The van der Waals surface area contributed by atoms with Crippen LogP contribution in [0.1, 0.15) is 58.5 Å². The Kier molecular flexibility index (Phi) is 6.69. The smallest absolute Gasteiger partial charge is 0.332 e. The molecule has 5 aromatic rings. The lowest BCUT2D eigenvalue weighted by Gasteiger charge is -2.36. The summed E-state index contributed by atoms with van der Waals surface area (Å²) in [4.78, 5) is 48.6. The Bertz CT molecular complexity index is 1930. The second-order valence-electron chi connectivity index (χ2n) is 11.6. The molecule has 44 heavy (non-hydrogen) atoms. The number of hydrogen-bond acceptors (Lipinski definition) is 4. The lowest BCUT2D eigenvalue weighted by atomic mass is 9.89. The lowest BCUT2D eigenvalue weighted by Crippen LogP contribution is -2.44. The Morgan fingerprint density at radius 2 is 1.68 bits per heavy atom. The minimum absolute atomic E-state index is 0.240. The maximum atomic E-state index is 14.4. The molecular formula is C36H32N4O4. The zero-order valence-electron chi connectivity index (χ0n) is 24.7. The van der Waals surface area contributed by atoms with Crippen LogP contribution in [0.3, 0.4) is 0 Å². The van der Waals surface area contributed by atoms with E-state index >= 15 is 0 Å². The number of carbonyl (C=O) groups excluding carboxylic acids is 3. The number of methoxy groups -OCH3 is 1. The quantitative estimate of drug-likeness (QED) is 0.210. The van der Waals surface area contributed by atoms with E-state index in [1.165, 1.54) is 4.90 Å². The average Bonchev–Trinajstić information content (AvgIpc) is 3.54. The van der Waals surface area contributed by atoms with Crippen molar-refractivity contribution in [2.75, 3.05) is 17.3 Å². The van der Waals surface area contributed by atoms with Crippen molar-refractivity contribution in [2.45, 2.75) is 38.3 Å². The highest BCUT2D eigenvalue weighted by atomic mass is 16.5. The number of hydrogen-bond donors (Lipinski definition) is 2. The number of nitrogens with one attached hydrogen (secondary N) is 2. The lowest BCUT2D eigenvalue weighted by molar-refractivity contribution is -0.120. The van der Waals surface area contributed by atoms with Crippen LogP contribution in [0.15, 0.2) is 97.1 Å². The van der Waals surface area contributed by atoms with E-state index in [0.717, 1.165) is 33.3 Å². The highest BCUT2D eigenvalue weighted by Gasteiger charge is 2.53. The summed E-state index contributed by atoms with van der Waals surface area (Å²) in [6, 6.07) is 28.2. The standard InChI is InChI=1S/C36H32N4O4/c1-21(2)22-15-17-24(18-16-22)37-34(41)27-12-5-7-14-30(27)40-35(42)31-20-28-26-11-4-6-13-29(26)38-32(28)33(39(31)36(40)43)23-9-8-10-25(19-23)44-3/h4-19,21,31,33,38H,20H2,1-3H3,(H,37,41)/t31-,33+/m0/s1. The van der Waals surface area contributed by atoms with Crippen LogP contribution in [-0.2, 0) is 11.2 Å². The first-order chi connectivity index (χ1) is 21.4. The third-order valence-corrected chi connectivity index (χ3v) is 8.68. The summed E-state index contributed by atoms with van der Waals surface area (Å²) in [7, 11) is 1.60. The molecule has 2 aliphatic rings. The van der Waals surface area contributed by atoms with Crippen molar-refractivity contribution < 1.29 is 19.1 Å². The monoisotopic (exact) mass is 584 g/mol. The molecule has 4 aromatic carbocycles. The van der Waals surface area contributed by atoms with Gasteiger partial charge < -0.3 is 15.0 Å². The maximum Gasteiger partial charge on any atom is 0.332 e. The Morgan fingerprint density at radius 3 is 2.45 bits per heavy atom. The highest BCUT2D eigenvalue weighted by molar-refractivity contribution is 6.24. The maximum absolute atomic E-state index is 14.4. The number of amides is 4. The molecule has 220 valence electrons. The van der Waals surface area contributed by atoms with E-state index < -0.39 is 24.0 Å². The molecule has 0 bridgehead atoms. The number of rotatable bonds is 6. The first-order valence-electron chi connectivity index (χ1n) is 14.8. The predicted molar refractivity (Wildman–Crippen MR) is 170 cm³/mol. The van der Waals surface area contributed by atoms with E-state index in [-0.39, 0.29) is 17.2 Å². The van der Waals surface area contributed by atoms with E-state index in [9.17, 15) is 14.4 Å². The summed E-state index contributed by atoms with van der Waals surface area (Å²) in [5.74, 6) is 0.261. The highest BCUT2D eigenvalue weighted by Crippen LogP contribution is 2.45. The van der Waals surface area contributed by atoms with Crippen LogP contribution < -0.4 is 15.0 Å². The fourth-order valence-electron chi connectivity index (χ4n) is 6.46. The van der Waals surface area contributed by atoms with Crippen LogP contribution in [0, 0.1) is 0 Å². The number of aromatic nitrogens is 1. The predicted octanol–water partition coefficient (Wildman–Crippen LogP) is 7.04. The molecule has 1 aromatic heterocycles. The SMILES string of the molecule is COc1cccc([C@@H]2c3[nH]c4ccccc4c3C[C@H]3C(=O)N(c4ccccc4C(=O)Nc4ccc(C(C)C)cc4)C(=O)N23)c1. The number of carbonyl (C=O) groups is 3. The molecule has 0 aliphatic carbocycles. The van der Waals surface area contributed by atoms with Crippen molar-refractivity contribution >= 4 is 40.1 Å². The van der Waals surface area contributed by atoms with Crippen molar-refractivity contribution in [3.8, 4) is 5.75 Å². The molecule has 8 nitrogen and oxygen atoms in total. The van der Waals surface area contributed by atoms with Crippen LogP contribution in [-0.4, -0.2) is 40.9 Å². The minimum Gasteiger partial charge on any atom is -0.497 e. The number of fused-ring (bicyclic) bond motifs is 4. The molecule has 7 rings (SSSR count). The molecule has 0 saturated carbocycles. The number of imide groups is 1. The Morgan fingerprint density at radius 1 is 0.932 bits per heavy atom. The number of aromatic amines is 1. The third kappa shape index (κ3) is 4.41. The summed E-state index contributed by atoms with van der Waals surface area (Å²) < 4.78 is 5.52. The number of benzene rings is 4. The zero-order valence-corrected chi connectivity index (χ0v) is 24.7. The van der Waals surface area contributed by atoms with Gasteiger partial charge in [-0.1, -0.05) is 68.4 Å². The van der Waals surface area contributed by atoms with Crippen LogP contribution in [0.25, 0.3) is 10.9 Å². The van der Waals surface area contributed by atoms with Gasteiger partial charge in [-0.2, -0.15) is 0 Å². The molecular weight excluding hydrogens is 552 g/mol. The Balaban J connectivity index is 1.29. The van der Waals surface area contributed by atoms with Gasteiger partial charge in [0.05, 0.1) is 18.4 Å². The molecule has 1 saturated heterocycles. The van der Waals surface area contributed by atoms with Gasteiger partial charge in [0, 0.05) is 28.7 Å². The van der Waals surface area contributed by atoms with E-state index in [1.807, 2.05) is 72.8 Å². The van der Waals surface area contributed by atoms with E-state index in [1.54, 1.807) is 36.3 Å². The number of ether oxygens (including phenoxy) is 1. The Labute approximate surface area is 255 Å². The van der Waals surface area contributed by atoms with Crippen molar-refractivity contribution in [3.63, 3.8) is 0 Å². The topological polar surface area (TPSA) is 94.7 Å². The number of nitrogens with zero attached hydrogens (tertiary/aromatic N) is 2. The number of H-pyrrole nitrogens is 1. The van der Waals surface area contributed by atoms with E-state index in [2.05, 4.69) is 24.1 Å². The van der Waals surface area contributed by atoms with Gasteiger partial charge in [-0.25, -0.2) is 9.69 Å². The van der Waals surface area contributed by atoms with Crippen molar-refractivity contribution in [1.29, 1.82) is 0 Å². The molecule has 0 unspecified atom stereocenters. The van der Waals surface area contributed by atoms with Crippen LogP contribution in [0.2, 0.25) is 0 Å². The number of urea groups is 1. The molecule has 3 heterocycles. The molecule has 2 aliphatic heterocycles. The van der Waals surface area contributed by atoms with Crippen LogP contribution in [0.5, 0.6) is 5.75 Å². The van der Waals surface area contributed by atoms with Gasteiger partial charge in [0.25, 0.3) is 11.8 Å². The molecule has 2 N–H and O–H groups in total. The largest absolute Gasteiger partial charge is 0.497 e. The van der Waals surface area contributed by atoms with Gasteiger partial charge in [0.1, 0.15) is 17.8 Å². The molecule has 1 fully saturated rings. The second-order valence-corrected chi connectivity index (χ2v) is 11.6. The van der Waals surface area contributed by atoms with Gasteiger partial charge in [-0.3, -0.25) is 14.5 Å². The molecule has 0 radical (unpaired) electrons. The average molecular weight is 585 g/mol. The van der Waals surface area contributed by atoms with Gasteiger partial charge >= 0.3 is 6.03 Å². The van der Waals surface area contributed by atoms with Crippen LogP contribution >= 0.6 is 0 Å². The Hall–Kier alpha value is -5.37. The minimum atomic E-state index is -0.745. The van der Waals surface area contributed by atoms with Gasteiger partial charge in [0.15, 0.2) is 0 Å². The fraction of sp³-hybridized carbons (Fsp3) is 0.194. The van der Waals surface area contributed by atoms with Crippen LogP contribution in [0.4, 0.5) is 16.2 Å². The number of para-hydroxylation sites is 2. The first-order valence-corrected chi connectivity index (χ1v) is 14.8. The zero-order chi connectivity index (χ0) is 30.5. The van der Waals surface area contributed by atoms with Crippen molar-refractivity contribution in [3.05, 3.63) is 125 Å². The van der Waals surface area contributed by atoms with Gasteiger partial charge in [-0.15, -0.1) is 0 Å². The molecule has 0 spiro atoms. The molecule has 2 atom stereocenters. The third-order valence-electron chi connectivity index (χ3n) is 8.68. The van der Waals surface area contributed by atoms with Crippen molar-refractivity contribution in [2.24, 2.45) is 0 Å². The summed E-state index contributed by atoms with van der Waals surface area (Å²) in [6.07, 6.45) is 0.359. The van der Waals surface area contributed by atoms with E-state index in [4.69, 9.17) is 4.74 Å². The van der Waals surface area contributed by atoms with Gasteiger partial charge in [0.2, 0.25) is 0 Å². The second kappa shape index (κ2) is 10.7. The van der Waals surface area contributed by atoms with Gasteiger partial charge in [-0.05, 0) is 65.1 Å². The summed E-state index contributed by atoms with van der Waals surface area (Å²) >= 11 is 0. The molecule has 8 heteroatoms. The summed E-state index contributed by atoms with van der Waals surface area (Å²) in [5.41, 5.74) is 5.94. The molecule has 4 amide bonds. The summed E-state index contributed by atoms with van der Waals surface area (Å²) in [5, 5.41) is 3.96. The van der Waals surface area contributed by atoms with Crippen molar-refractivity contribution in [1.82, 2.24) is 9.88 Å². The normalized spacial score (nSPS) is 17.6.